The Balaban J connectivity index is 1.04. The first kappa shape index (κ1) is 33.1. The molecule has 4 aromatic heterocycles. The Morgan fingerprint density at radius 3 is 1.36 bits per heavy atom. The molecule has 0 N–H and O–H groups in total. The van der Waals surface area contributed by atoms with Crippen molar-refractivity contribution in [2.75, 3.05) is 0 Å². The van der Waals surface area contributed by atoms with E-state index in [9.17, 15) is 0 Å². The molecule has 12 aromatic rings. The van der Waals surface area contributed by atoms with Crippen molar-refractivity contribution in [2.24, 2.45) is 0 Å². The first-order valence-electron chi connectivity index (χ1n) is 19.9. The van der Waals surface area contributed by atoms with Crippen LogP contribution < -0.4 is 0 Å². The second-order valence-electron chi connectivity index (χ2n) is 14.9. The van der Waals surface area contributed by atoms with Crippen molar-refractivity contribution < 1.29 is 0 Å². The van der Waals surface area contributed by atoms with E-state index in [1.54, 1.807) is 6.33 Å². The summed E-state index contributed by atoms with van der Waals surface area (Å²) in [5, 5.41) is 4.91. The number of para-hydroxylation sites is 7. The molecule has 8 aromatic carbocycles. The normalized spacial score (nSPS) is 11.7. The van der Waals surface area contributed by atoms with Gasteiger partial charge in [0, 0.05) is 55.3 Å². The topological polar surface area (TPSA) is 53.5 Å². The molecule has 0 aliphatic carbocycles. The molecule has 0 saturated heterocycles. The van der Waals surface area contributed by atoms with Gasteiger partial charge in [-0.25, -0.2) is 15.0 Å². The number of imidazole rings is 1. The lowest BCUT2D eigenvalue weighted by atomic mass is 10.0. The molecule has 0 aliphatic rings. The molecular formula is C53H34N6. The number of fused-ring (bicyclic) bond motifs is 7. The molecule has 12 rings (SSSR count). The SMILES string of the molecule is c1ccc(-n2c(-c3cc(-c4cc(-c5ccc(-n6c7ccccc7c7ccccc76)cc5)ncn4)cc(-n4c5ccccc5c5ccccc54)c3)nc3ccccc32)cc1. The van der Waals surface area contributed by atoms with Crippen LogP contribution >= 0.6 is 0 Å². The van der Waals surface area contributed by atoms with Crippen molar-refractivity contribution in [2.45, 2.75) is 0 Å². The van der Waals surface area contributed by atoms with Crippen LogP contribution in [0.1, 0.15) is 0 Å². The number of hydrogen-bond acceptors (Lipinski definition) is 3. The van der Waals surface area contributed by atoms with Crippen molar-refractivity contribution in [3.8, 4) is 51.0 Å². The summed E-state index contributed by atoms with van der Waals surface area (Å²) in [5.74, 6) is 0.858. The molecular weight excluding hydrogens is 721 g/mol. The van der Waals surface area contributed by atoms with Crippen LogP contribution in [0.25, 0.3) is 106 Å². The van der Waals surface area contributed by atoms with Crippen LogP contribution in [0, 0.1) is 0 Å². The largest absolute Gasteiger partial charge is 0.309 e. The molecule has 0 aliphatic heterocycles. The summed E-state index contributed by atoms with van der Waals surface area (Å²) in [4.78, 5) is 15.0. The fourth-order valence-corrected chi connectivity index (χ4v) is 8.93. The molecule has 0 spiro atoms. The number of nitrogens with zero attached hydrogens (tertiary/aromatic N) is 6. The van der Waals surface area contributed by atoms with E-state index >= 15 is 0 Å². The molecule has 6 nitrogen and oxygen atoms in total. The number of hydrogen-bond donors (Lipinski definition) is 0. The Morgan fingerprint density at radius 1 is 0.305 bits per heavy atom. The van der Waals surface area contributed by atoms with Gasteiger partial charge in [0.05, 0.1) is 44.5 Å². The zero-order valence-corrected chi connectivity index (χ0v) is 31.8. The molecule has 4 heterocycles. The van der Waals surface area contributed by atoms with Gasteiger partial charge in [0.2, 0.25) is 0 Å². The van der Waals surface area contributed by atoms with Crippen LogP contribution in [0.15, 0.2) is 207 Å². The fourth-order valence-electron chi connectivity index (χ4n) is 8.93. The van der Waals surface area contributed by atoms with Crippen molar-refractivity contribution in [3.05, 3.63) is 207 Å². The molecule has 0 saturated carbocycles. The van der Waals surface area contributed by atoms with Gasteiger partial charge in [0.15, 0.2) is 0 Å². The lowest BCUT2D eigenvalue weighted by Gasteiger charge is -2.15. The summed E-state index contributed by atoms with van der Waals surface area (Å²) in [5.41, 5.74) is 14.5. The van der Waals surface area contributed by atoms with E-state index in [-0.39, 0.29) is 0 Å². The van der Waals surface area contributed by atoms with E-state index in [4.69, 9.17) is 15.0 Å². The van der Waals surface area contributed by atoms with Gasteiger partial charge in [-0.15, -0.1) is 0 Å². The molecule has 0 unspecified atom stereocenters. The summed E-state index contributed by atoms with van der Waals surface area (Å²) in [6, 6.07) is 70.8. The minimum atomic E-state index is 0.827. The Bertz CT molecular complexity index is 3450. The highest BCUT2D eigenvalue weighted by molar-refractivity contribution is 6.10. The van der Waals surface area contributed by atoms with E-state index in [2.05, 4.69) is 202 Å². The van der Waals surface area contributed by atoms with Crippen molar-refractivity contribution in [1.82, 2.24) is 28.7 Å². The van der Waals surface area contributed by atoms with Crippen LogP contribution in [0.5, 0.6) is 0 Å². The summed E-state index contributed by atoms with van der Waals surface area (Å²) < 4.78 is 6.96. The number of benzene rings is 8. The zero-order chi connectivity index (χ0) is 38.9. The third-order valence-corrected chi connectivity index (χ3v) is 11.6. The molecule has 0 amide bonds. The van der Waals surface area contributed by atoms with Crippen molar-refractivity contribution in [1.29, 1.82) is 0 Å². The predicted molar refractivity (Wildman–Crippen MR) is 242 cm³/mol. The van der Waals surface area contributed by atoms with Gasteiger partial charge >= 0.3 is 0 Å². The maximum absolute atomic E-state index is 5.29. The highest BCUT2D eigenvalue weighted by Crippen LogP contribution is 2.38. The lowest BCUT2D eigenvalue weighted by Crippen LogP contribution is -2.00. The minimum absolute atomic E-state index is 0.827. The monoisotopic (exact) mass is 754 g/mol. The van der Waals surface area contributed by atoms with Gasteiger partial charge in [-0.05, 0) is 84.9 Å². The average molecular weight is 755 g/mol. The molecule has 0 fully saturated rings. The summed E-state index contributed by atoms with van der Waals surface area (Å²) in [6.45, 7) is 0. The Morgan fingerprint density at radius 2 is 0.763 bits per heavy atom. The third-order valence-electron chi connectivity index (χ3n) is 11.6. The second-order valence-corrected chi connectivity index (χ2v) is 14.9. The fraction of sp³-hybridized carbons (Fsp3) is 0. The number of aromatic nitrogens is 6. The Kier molecular flexibility index (Phi) is 7.43. The zero-order valence-electron chi connectivity index (χ0n) is 31.8. The Labute approximate surface area is 339 Å². The first-order valence-corrected chi connectivity index (χ1v) is 19.9. The van der Waals surface area contributed by atoms with E-state index in [0.29, 0.717) is 0 Å². The summed E-state index contributed by atoms with van der Waals surface area (Å²) >= 11 is 0. The molecule has 6 heteroatoms. The van der Waals surface area contributed by atoms with Gasteiger partial charge in [0.25, 0.3) is 0 Å². The molecule has 0 atom stereocenters. The highest BCUT2D eigenvalue weighted by Gasteiger charge is 2.20. The van der Waals surface area contributed by atoms with Crippen LogP contribution in [0.2, 0.25) is 0 Å². The van der Waals surface area contributed by atoms with E-state index < -0.39 is 0 Å². The predicted octanol–water partition coefficient (Wildman–Crippen LogP) is 13.0. The Hall–Kier alpha value is -8.09. The van der Waals surface area contributed by atoms with Crippen LogP contribution in [-0.4, -0.2) is 28.7 Å². The van der Waals surface area contributed by atoms with Gasteiger partial charge < -0.3 is 9.13 Å². The highest BCUT2D eigenvalue weighted by atomic mass is 15.1. The minimum Gasteiger partial charge on any atom is -0.309 e. The van der Waals surface area contributed by atoms with Crippen LogP contribution in [0.4, 0.5) is 0 Å². The van der Waals surface area contributed by atoms with E-state index in [1.165, 1.54) is 32.6 Å². The maximum atomic E-state index is 5.29. The third kappa shape index (κ3) is 5.31. The van der Waals surface area contributed by atoms with E-state index in [1.807, 2.05) is 12.1 Å². The lowest BCUT2D eigenvalue weighted by molar-refractivity contribution is 1.10. The van der Waals surface area contributed by atoms with Gasteiger partial charge in [-0.3, -0.25) is 4.57 Å². The van der Waals surface area contributed by atoms with Gasteiger partial charge in [-0.1, -0.05) is 115 Å². The smallest absolute Gasteiger partial charge is 0.145 e. The molecule has 276 valence electrons. The second kappa shape index (κ2) is 13.3. The molecule has 0 bridgehead atoms. The standard InChI is InChI=1S/C53H34N6/c1-2-14-38(15-3-1)59-52-25-13-8-20-45(52)56-53(59)37-30-36(31-40(32-37)58-50-23-11-6-18-43(50)44-19-7-12-24-51(44)58)47-33-46(54-34-55-47)35-26-28-39(29-27-35)57-48-21-9-4-16-41(48)42-17-5-10-22-49(42)57/h1-34H. The maximum Gasteiger partial charge on any atom is 0.145 e. The van der Waals surface area contributed by atoms with Crippen molar-refractivity contribution in [3.63, 3.8) is 0 Å². The summed E-state index contributed by atoms with van der Waals surface area (Å²) in [7, 11) is 0. The average Bonchev–Trinajstić information content (AvgIpc) is 3.98. The van der Waals surface area contributed by atoms with Crippen molar-refractivity contribution >= 4 is 54.6 Å². The molecule has 59 heavy (non-hydrogen) atoms. The van der Waals surface area contributed by atoms with E-state index in [0.717, 1.165) is 73.0 Å². The first-order chi connectivity index (χ1) is 29.3. The quantitative estimate of drug-likeness (QED) is 0.170. The summed E-state index contributed by atoms with van der Waals surface area (Å²) in [6.07, 6.45) is 1.68. The van der Waals surface area contributed by atoms with Gasteiger partial charge in [0.1, 0.15) is 12.2 Å². The van der Waals surface area contributed by atoms with Crippen LogP contribution in [0.3, 0.4) is 0 Å². The van der Waals surface area contributed by atoms with Crippen LogP contribution in [-0.2, 0) is 0 Å². The molecule has 0 radical (unpaired) electrons. The number of rotatable bonds is 6. The van der Waals surface area contributed by atoms with Gasteiger partial charge in [-0.2, -0.15) is 0 Å².